The normalized spacial score (nSPS) is 22.8. The molecule has 1 nitrogen and oxygen atoms in total. The second kappa shape index (κ2) is 4.07. The van der Waals surface area contributed by atoms with Crippen molar-refractivity contribution in [3.05, 3.63) is 44.2 Å². The van der Waals surface area contributed by atoms with E-state index < -0.39 is 14.4 Å². The summed E-state index contributed by atoms with van der Waals surface area (Å²) < 4.78 is 9.48. The predicted octanol–water partition coefficient (Wildman–Crippen LogP) is 3.68. The molecule has 0 aromatic rings. The number of halogens is 1. The molecule has 2 rings (SSSR count). The van der Waals surface area contributed by atoms with Crippen LogP contribution in [0.2, 0.25) is 15.7 Å². The third-order valence-electron chi connectivity index (χ3n) is 4.87. The fourth-order valence-electron chi connectivity index (χ4n) is 2.81. The Bertz CT molecular complexity index is 427. The molecule has 0 fully saturated rings. The van der Waals surface area contributed by atoms with E-state index in [1.54, 1.807) is 7.76 Å². The van der Waals surface area contributed by atoms with E-state index in [1.165, 1.54) is 0 Å². The number of allylic oxidation sites excluding steroid dienone is 8. The Labute approximate surface area is 113 Å². The average Bonchev–Trinajstić information content (AvgIpc) is 2.92. The fraction of sp³-hybridized carbons (Fsp3) is 0.385. The van der Waals surface area contributed by atoms with Gasteiger partial charge in [0, 0.05) is 0 Å². The molecule has 0 atom stereocenters. The second-order valence-electron chi connectivity index (χ2n) is 6.79. The van der Waals surface area contributed by atoms with Crippen LogP contribution >= 0.6 is 12.4 Å². The van der Waals surface area contributed by atoms with E-state index in [2.05, 4.69) is 52.1 Å². The van der Waals surface area contributed by atoms with Crippen LogP contribution in [0.15, 0.2) is 44.2 Å². The molecule has 17 heavy (non-hydrogen) atoms. The molecule has 0 heterocycles. The Hall–Kier alpha value is 0.141. The summed E-state index contributed by atoms with van der Waals surface area (Å²) in [6.45, 7) is 0. The van der Waals surface area contributed by atoms with Gasteiger partial charge in [-0.25, -0.2) is 0 Å². The summed E-state index contributed by atoms with van der Waals surface area (Å²) in [4.78, 5) is 0. The summed E-state index contributed by atoms with van der Waals surface area (Å²) in [7, 11) is 0.811. The molecule has 4 heteroatoms. The third kappa shape index (κ3) is 2.11. The van der Waals surface area contributed by atoms with Crippen LogP contribution in [0.3, 0.4) is 0 Å². The topological polar surface area (TPSA) is 9.23 Å². The zero-order valence-electron chi connectivity index (χ0n) is 11.2. The maximum absolute atomic E-state index is 6.39. The van der Waals surface area contributed by atoms with E-state index in [1.807, 2.05) is 0 Å². The van der Waals surface area contributed by atoms with Crippen molar-refractivity contribution in [3.63, 3.8) is 0 Å². The summed E-state index contributed by atoms with van der Waals surface area (Å²) in [5.74, 6) is 0. The molecular formula is C13H23ClOSiTi. The zero-order chi connectivity index (χ0) is 11.9. The van der Waals surface area contributed by atoms with E-state index in [0.29, 0.717) is 0 Å². The molecule has 0 aromatic heterocycles. The van der Waals surface area contributed by atoms with Crippen molar-refractivity contribution < 1.29 is 17.4 Å². The molecule has 0 aromatic carbocycles. The molecule has 0 amide bonds. The van der Waals surface area contributed by atoms with Gasteiger partial charge in [0.25, 0.3) is 0 Å². The second-order valence-corrected chi connectivity index (χ2v) is 23.4. The van der Waals surface area contributed by atoms with Gasteiger partial charge in [-0.3, -0.25) is 0 Å². The van der Waals surface area contributed by atoms with Crippen molar-refractivity contribution in [2.75, 3.05) is 0 Å². The van der Waals surface area contributed by atoms with Crippen molar-refractivity contribution in [1.29, 1.82) is 0 Å². The van der Waals surface area contributed by atoms with Crippen molar-refractivity contribution in [2.45, 2.75) is 28.5 Å². The van der Waals surface area contributed by atoms with Gasteiger partial charge in [-0.05, 0) is 0 Å². The number of rotatable bonds is 3. The molecular weight excluding hydrogens is 284 g/mol. The van der Waals surface area contributed by atoms with Gasteiger partial charge in [0.2, 0.25) is 0 Å². The molecule has 0 saturated carbocycles. The Morgan fingerprint density at radius 2 is 1.41 bits per heavy atom. The van der Waals surface area contributed by atoms with Crippen LogP contribution < -0.4 is 0 Å². The van der Waals surface area contributed by atoms with Crippen molar-refractivity contribution in [2.24, 2.45) is 0 Å². The molecule has 0 saturated heterocycles. The quantitative estimate of drug-likeness (QED) is 0.723. The Morgan fingerprint density at radius 3 is 1.65 bits per heavy atom. The monoisotopic (exact) mass is 306 g/mol. The van der Waals surface area contributed by atoms with Crippen molar-refractivity contribution in [3.8, 4) is 0 Å². The van der Waals surface area contributed by atoms with Crippen LogP contribution in [-0.4, -0.2) is 10.5 Å². The molecule has 0 N–H and O–H groups in total. The van der Waals surface area contributed by atoms with Gasteiger partial charge in [0.1, 0.15) is 0 Å². The van der Waals surface area contributed by atoms with E-state index in [0.717, 1.165) is 23.3 Å². The minimum absolute atomic E-state index is 0. The number of hydrogen-bond donors (Lipinski definition) is 0. The Morgan fingerprint density at radius 1 is 1.00 bits per heavy atom. The molecule has 2 aliphatic rings. The van der Waals surface area contributed by atoms with Gasteiger partial charge < -0.3 is 0 Å². The summed E-state index contributed by atoms with van der Waals surface area (Å²) in [5.41, 5.74) is 0. The first-order chi connectivity index (χ1) is 7.32. The molecule has 0 aliphatic heterocycles. The SMILES string of the molecule is Cl.[CH3][Ti]([CH3])([CH3])([O][SiH3])([C]1=CC=CC1)[C]1=CC=CC1. The third-order valence-corrected chi connectivity index (χ3v) is 23.1. The molecule has 2 aliphatic carbocycles. The van der Waals surface area contributed by atoms with Gasteiger partial charge in [-0.1, -0.05) is 0 Å². The predicted molar refractivity (Wildman–Crippen MR) is 79.5 cm³/mol. The first-order valence-electron chi connectivity index (χ1n) is 6.05. The van der Waals surface area contributed by atoms with Gasteiger partial charge in [-0.15, -0.1) is 12.4 Å². The molecule has 0 spiro atoms. The molecule has 0 unspecified atom stereocenters. The van der Waals surface area contributed by atoms with Crippen molar-refractivity contribution >= 4 is 22.9 Å². The summed E-state index contributed by atoms with van der Waals surface area (Å²) in [6.07, 6.45) is 15.6. The minimum atomic E-state index is -3.54. The summed E-state index contributed by atoms with van der Waals surface area (Å²) >= 11 is -3.54. The maximum atomic E-state index is 6.39. The van der Waals surface area contributed by atoms with Gasteiger partial charge >= 0.3 is 101 Å². The van der Waals surface area contributed by atoms with Crippen LogP contribution in [0.1, 0.15) is 12.8 Å². The van der Waals surface area contributed by atoms with Crippen LogP contribution in [0.5, 0.6) is 0 Å². The average molecular weight is 307 g/mol. The molecule has 96 valence electrons. The van der Waals surface area contributed by atoms with Crippen molar-refractivity contribution in [1.82, 2.24) is 0 Å². The van der Waals surface area contributed by atoms with E-state index in [4.69, 9.17) is 3.01 Å². The van der Waals surface area contributed by atoms with Gasteiger partial charge in [-0.2, -0.15) is 0 Å². The van der Waals surface area contributed by atoms with Crippen LogP contribution in [0.4, 0.5) is 0 Å². The zero-order valence-corrected chi connectivity index (χ0v) is 15.6. The summed E-state index contributed by atoms with van der Waals surface area (Å²) in [6, 6.07) is 0. The van der Waals surface area contributed by atoms with Crippen LogP contribution in [0.25, 0.3) is 0 Å². The first-order valence-corrected chi connectivity index (χ1v) is 13.7. The standard InChI is InChI=1S/2C5H5.3CH3.ClH.H3OSi.Ti/c2*1-2-4-5-3-1;;;;;1-2;/h2*1-3H,4H2;3*1H3;1H;2H3;/q;;;;;;-1;+1. The molecule has 0 radical (unpaired) electrons. The van der Waals surface area contributed by atoms with Crippen LogP contribution in [0, 0.1) is 0 Å². The van der Waals surface area contributed by atoms with Gasteiger partial charge in [0.05, 0.1) is 0 Å². The van der Waals surface area contributed by atoms with E-state index >= 15 is 0 Å². The van der Waals surface area contributed by atoms with Crippen LogP contribution in [-0.2, 0) is 17.4 Å². The fourth-order valence-corrected chi connectivity index (χ4v) is 11.6. The Kier molecular flexibility index (Phi) is 3.64. The first kappa shape index (κ1) is 15.2. The van der Waals surface area contributed by atoms with E-state index in [9.17, 15) is 0 Å². The Balaban J connectivity index is 0.00000144. The molecule has 0 bridgehead atoms. The van der Waals surface area contributed by atoms with E-state index in [-0.39, 0.29) is 12.4 Å². The summed E-state index contributed by atoms with van der Waals surface area (Å²) in [5, 5.41) is 7.26. The number of hydrogen-bond acceptors (Lipinski definition) is 1. The van der Waals surface area contributed by atoms with Gasteiger partial charge in [0.15, 0.2) is 0 Å².